The van der Waals surface area contributed by atoms with Crippen molar-refractivity contribution in [2.24, 2.45) is 0 Å². The molecule has 2 N–H and O–H groups in total. The van der Waals surface area contributed by atoms with Gasteiger partial charge in [0.1, 0.15) is 11.9 Å². The summed E-state index contributed by atoms with van der Waals surface area (Å²) in [6.07, 6.45) is -4.54. The molecule has 1 unspecified atom stereocenters. The van der Waals surface area contributed by atoms with Crippen LogP contribution in [0.25, 0.3) is 0 Å². The molecule has 2 rings (SSSR count). The van der Waals surface area contributed by atoms with E-state index < -0.39 is 40.4 Å². The lowest BCUT2D eigenvalue weighted by molar-refractivity contribution is -0.182. The van der Waals surface area contributed by atoms with Crippen molar-refractivity contribution in [3.63, 3.8) is 0 Å². The number of alkyl halides is 3. The first-order valence-electron chi connectivity index (χ1n) is 7.41. The number of nitrogens with zero attached hydrogens (tertiary/aromatic N) is 1. The standard InChI is InChI=1S/C14H19F4N3O2S/c15-12-3-1-2-11(8-12)10-24(22,23)20-9-13(14(16,17)18)21-6-4-19-5-7-21/h1-3,8,13,19-20H,4-7,9-10H2. The van der Waals surface area contributed by atoms with E-state index in [4.69, 9.17) is 0 Å². The van der Waals surface area contributed by atoms with Gasteiger partial charge in [-0.25, -0.2) is 17.5 Å². The van der Waals surface area contributed by atoms with E-state index in [1.807, 2.05) is 4.72 Å². The second-order valence-electron chi connectivity index (χ2n) is 5.58. The molecule has 1 aliphatic rings. The Kier molecular flexibility index (Phi) is 6.18. The summed E-state index contributed by atoms with van der Waals surface area (Å²) in [5, 5.41) is 2.95. The second kappa shape index (κ2) is 7.77. The zero-order valence-corrected chi connectivity index (χ0v) is 13.6. The van der Waals surface area contributed by atoms with Crippen molar-refractivity contribution in [2.45, 2.75) is 18.0 Å². The number of piperazine rings is 1. The van der Waals surface area contributed by atoms with E-state index in [9.17, 15) is 26.0 Å². The summed E-state index contributed by atoms with van der Waals surface area (Å²) in [5.74, 6) is -1.17. The fourth-order valence-electron chi connectivity index (χ4n) is 2.55. The second-order valence-corrected chi connectivity index (χ2v) is 7.39. The highest BCUT2D eigenvalue weighted by atomic mass is 32.2. The van der Waals surface area contributed by atoms with Gasteiger partial charge < -0.3 is 5.32 Å². The van der Waals surface area contributed by atoms with Crippen LogP contribution in [0.1, 0.15) is 5.56 Å². The third kappa shape index (κ3) is 5.69. The molecule has 0 radical (unpaired) electrons. The van der Waals surface area contributed by atoms with Crippen LogP contribution in [0.4, 0.5) is 17.6 Å². The Labute approximate surface area is 138 Å². The Morgan fingerprint density at radius 2 is 1.92 bits per heavy atom. The van der Waals surface area contributed by atoms with Crippen LogP contribution < -0.4 is 10.0 Å². The fraction of sp³-hybridized carbons (Fsp3) is 0.571. The van der Waals surface area contributed by atoms with E-state index >= 15 is 0 Å². The van der Waals surface area contributed by atoms with Gasteiger partial charge in [0.05, 0.1) is 5.75 Å². The SMILES string of the molecule is O=S(=O)(Cc1cccc(F)c1)NCC(N1CCNCC1)C(F)(F)F. The highest BCUT2D eigenvalue weighted by Gasteiger charge is 2.44. The van der Waals surface area contributed by atoms with Gasteiger partial charge in [-0.15, -0.1) is 0 Å². The number of hydrogen-bond donors (Lipinski definition) is 2. The van der Waals surface area contributed by atoms with E-state index in [0.717, 1.165) is 12.1 Å². The smallest absolute Gasteiger partial charge is 0.314 e. The van der Waals surface area contributed by atoms with Crippen molar-refractivity contribution in [3.05, 3.63) is 35.6 Å². The average Bonchev–Trinajstić information content (AvgIpc) is 2.46. The minimum atomic E-state index is -4.54. The summed E-state index contributed by atoms with van der Waals surface area (Å²) in [5.41, 5.74) is 0.174. The van der Waals surface area contributed by atoms with Crippen LogP contribution in [0.2, 0.25) is 0 Å². The maximum atomic E-state index is 13.2. The lowest BCUT2D eigenvalue weighted by atomic mass is 10.2. The Balaban J connectivity index is 2.01. The molecule has 1 atom stereocenters. The van der Waals surface area contributed by atoms with Gasteiger partial charge in [-0.1, -0.05) is 12.1 Å². The minimum absolute atomic E-state index is 0.174. The van der Waals surface area contributed by atoms with Gasteiger partial charge in [0.25, 0.3) is 0 Å². The average molecular weight is 369 g/mol. The van der Waals surface area contributed by atoms with Crippen molar-refractivity contribution in [2.75, 3.05) is 32.7 Å². The first kappa shape index (κ1) is 19.1. The van der Waals surface area contributed by atoms with E-state index in [1.54, 1.807) is 0 Å². The number of rotatable bonds is 6. The van der Waals surface area contributed by atoms with Crippen molar-refractivity contribution < 1.29 is 26.0 Å². The molecule has 1 aliphatic heterocycles. The first-order chi connectivity index (χ1) is 11.2. The quantitative estimate of drug-likeness (QED) is 0.737. The van der Waals surface area contributed by atoms with Gasteiger partial charge in [0.15, 0.2) is 0 Å². The number of nitrogens with one attached hydrogen (secondary N) is 2. The predicted octanol–water partition coefficient (Wildman–Crippen LogP) is 1.08. The highest BCUT2D eigenvalue weighted by molar-refractivity contribution is 7.88. The predicted molar refractivity (Wildman–Crippen MR) is 81.3 cm³/mol. The topological polar surface area (TPSA) is 61.4 Å². The molecule has 0 saturated carbocycles. The zero-order chi connectivity index (χ0) is 17.8. The number of hydrogen-bond acceptors (Lipinski definition) is 4. The molecule has 1 heterocycles. The van der Waals surface area contributed by atoms with Crippen LogP contribution in [0, 0.1) is 5.82 Å². The normalized spacial score (nSPS) is 18.5. The Morgan fingerprint density at radius 3 is 2.50 bits per heavy atom. The summed E-state index contributed by atoms with van der Waals surface area (Å²) in [6.45, 7) is 0.456. The molecule has 24 heavy (non-hydrogen) atoms. The fourth-order valence-corrected chi connectivity index (χ4v) is 3.68. The molecule has 1 aromatic rings. The number of sulfonamides is 1. The zero-order valence-electron chi connectivity index (χ0n) is 12.8. The lowest BCUT2D eigenvalue weighted by Gasteiger charge is -2.35. The van der Waals surface area contributed by atoms with Crippen LogP contribution >= 0.6 is 0 Å². The molecule has 5 nitrogen and oxygen atoms in total. The van der Waals surface area contributed by atoms with Gasteiger partial charge in [0, 0.05) is 32.7 Å². The van der Waals surface area contributed by atoms with Gasteiger partial charge in [0.2, 0.25) is 10.0 Å². The van der Waals surface area contributed by atoms with Gasteiger partial charge in [-0.05, 0) is 17.7 Å². The molecular weight excluding hydrogens is 350 g/mol. The third-order valence-electron chi connectivity index (χ3n) is 3.71. The van der Waals surface area contributed by atoms with Crippen molar-refractivity contribution in [1.29, 1.82) is 0 Å². The number of halogens is 4. The van der Waals surface area contributed by atoms with Crippen molar-refractivity contribution in [3.8, 4) is 0 Å². The van der Waals surface area contributed by atoms with E-state index in [0.29, 0.717) is 13.1 Å². The molecule has 10 heteroatoms. The molecule has 0 bridgehead atoms. The summed E-state index contributed by atoms with van der Waals surface area (Å²) in [7, 11) is -4.00. The van der Waals surface area contributed by atoms with Crippen molar-refractivity contribution in [1.82, 2.24) is 14.9 Å². The molecule has 1 aromatic carbocycles. The lowest BCUT2D eigenvalue weighted by Crippen LogP contribution is -2.57. The van der Waals surface area contributed by atoms with E-state index in [2.05, 4.69) is 5.32 Å². The highest BCUT2D eigenvalue weighted by Crippen LogP contribution is 2.25. The van der Waals surface area contributed by atoms with Crippen LogP contribution in [0.5, 0.6) is 0 Å². The van der Waals surface area contributed by atoms with Crippen LogP contribution in [0.15, 0.2) is 24.3 Å². The maximum absolute atomic E-state index is 13.2. The van der Waals surface area contributed by atoms with Crippen LogP contribution in [-0.2, 0) is 15.8 Å². The van der Waals surface area contributed by atoms with Gasteiger partial charge in [-0.2, -0.15) is 13.2 Å². The molecule has 1 fully saturated rings. The summed E-state index contributed by atoms with van der Waals surface area (Å²) >= 11 is 0. The van der Waals surface area contributed by atoms with Crippen LogP contribution in [-0.4, -0.2) is 58.3 Å². The van der Waals surface area contributed by atoms with Crippen molar-refractivity contribution >= 4 is 10.0 Å². The van der Waals surface area contributed by atoms with E-state index in [-0.39, 0.29) is 18.7 Å². The summed E-state index contributed by atoms with van der Waals surface area (Å²) < 4.78 is 78.7. The molecule has 0 aromatic heterocycles. The van der Waals surface area contributed by atoms with Gasteiger partial charge >= 0.3 is 6.18 Å². The first-order valence-corrected chi connectivity index (χ1v) is 9.06. The molecule has 0 spiro atoms. The Morgan fingerprint density at radius 1 is 1.25 bits per heavy atom. The molecule has 136 valence electrons. The van der Waals surface area contributed by atoms with E-state index in [1.165, 1.54) is 17.0 Å². The summed E-state index contributed by atoms with van der Waals surface area (Å²) in [6, 6.07) is 3.06. The van der Waals surface area contributed by atoms with Crippen LogP contribution in [0.3, 0.4) is 0 Å². The largest absolute Gasteiger partial charge is 0.405 e. The molecule has 1 saturated heterocycles. The van der Waals surface area contributed by atoms with Gasteiger partial charge in [-0.3, -0.25) is 4.90 Å². The summed E-state index contributed by atoms with van der Waals surface area (Å²) in [4.78, 5) is 1.21. The Bertz CT molecular complexity index is 646. The number of benzene rings is 1. The third-order valence-corrected chi connectivity index (χ3v) is 5.03. The monoisotopic (exact) mass is 369 g/mol. The molecule has 0 amide bonds. The molecular formula is C14H19F4N3O2S. The Hall–Kier alpha value is -1.23. The maximum Gasteiger partial charge on any atom is 0.405 e. The molecule has 0 aliphatic carbocycles. The minimum Gasteiger partial charge on any atom is -0.314 e.